The lowest BCUT2D eigenvalue weighted by Crippen LogP contribution is -2.56. The second kappa shape index (κ2) is 4.12. The van der Waals surface area contributed by atoms with Crippen LogP contribution in [0.4, 0.5) is 0 Å². The monoisotopic (exact) mass is 213 g/mol. The molecule has 2 atom stereocenters. The van der Waals surface area contributed by atoms with Gasteiger partial charge in [-0.05, 0) is 37.6 Å². The normalized spacial score (nSPS) is 32.5. The minimum atomic E-state index is -0.495. The van der Waals surface area contributed by atoms with Crippen molar-refractivity contribution in [3.8, 4) is 0 Å². The summed E-state index contributed by atoms with van der Waals surface area (Å²) in [5.74, 6) is 0.430. The molecule has 1 heterocycles. The summed E-state index contributed by atoms with van der Waals surface area (Å²) in [6.45, 7) is 9.55. The van der Waals surface area contributed by atoms with Crippen LogP contribution in [0.2, 0.25) is 0 Å². The molecule has 3 nitrogen and oxygen atoms in total. The first kappa shape index (κ1) is 12.5. The highest BCUT2D eigenvalue weighted by molar-refractivity contribution is 5.80. The maximum atomic E-state index is 11.7. The molecular formula is C12H23NO2. The number of methoxy groups -OCH3 is 1. The number of carbonyl (C=O) groups excluding carboxylic acids is 1. The SMILES string of the molecule is COC(=O)C1(C)CC(C(C)(C)C)CCN1. The van der Waals surface area contributed by atoms with E-state index in [1.54, 1.807) is 0 Å². The number of esters is 1. The van der Waals surface area contributed by atoms with Crippen molar-refractivity contribution in [2.75, 3.05) is 13.7 Å². The van der Waals surface area contributed by atoms with Crippen LogP contribution in [0.5, 0.6) is 0 Å². The first-order valence-electron chi connectivity index (χ1n) is 5.63. The summed E-state index contributed by atoms with van der Waals surface area (Å²) in [6, 6.07) is 0. The first-order valence-corrected chi connectivity index (χ1v) is 5.63. The fraction of sp³-hybridized carbons (Fsp3) is 0.917. The number of hydrogen-bond donors (Lipinski definition) is 1. The third-order valence-corrected chi connectivity index (χ3v) is 3.52. The van der Waals surface area contributed by atoms with Crippen molar-refractivity contribution >= 4 is 5.97 Å². The molecule has 0 aromatic rings. The van der Waals surface area contributed by atoms with Gasteiger partial charge >= 0.3 is 5.97 Å². The van der Waals surface area contributed by atoms with E-state index in [2.05, 4.69) is 26.1 Å². The second-order valence-electron chi connectivity index (χ2n) is 5.81. The molecule has 1 rings (SSSR count). The summed E-state index contributed by atoms with van der Waals surface area (Å²) in [7, 11) is 1.45. The van der Waals surface area contributed by atoms with Crippen molar-refractivity contribution in [1.29, 1.82) is 0 Å². The molecule has 0 amide bonds. The zero-order valence-electron chi connectivity index (χ0n) is 10.5. The van der Waals surface area contributed by atoms with Gasteiger partial charge in [-0.1, -0.05) is 20.8 Å². The molecule has 1 aliphatic heterocycles. The molecule has 0 saturated carbocycles. The van der Waals surface area contributed by atoms with Gasteiger partial charge in [-0.2, -0.15) is 0 Å². The zero-order valence-corrected chi connectivity index (χ0v) is 10.5. The van der Waals surface area contributed by atoms with Crippen molar-refractivity contribution < 1.29 is 9.53 Å². The molecule has 1 aliphatic rings. The fourth-order valence-corrected chi connectivity index (χ4v) is 2.31. The van der Waals surface area contributed by atoms with E-state index < -0.39 is 5.54 Å². The third-order valence-electron chi connectivity index (χ3n) is 3.52. The summed E-state index contributed by atoms with van der Waals surface area (Å²) in [5.41, 5.74) is -0.234. The van der Waals surface area contributed by atoms with Gasteiger partial charge in [0.05, 0.1) is 7.11 Å². The number of nitrogens with one attached hydrogen (secondary N) is 1. The van der Waals surface area contributed by atoms with Crippen molar-refractivity contribution in [1.82, 2.24) is 5.32 Å². The van der Waals surface area contributed by atoms with Gasteiger partial charge in [0.25, 0.3) is 0 Å². The predicted molar refractivity (Wildman–Crippen MR) is 60.6 cm³/mol. The molecule has 0 aromatic heterocycles. The lowest BCUT2D eigenvalue weighted by Gasteiger charge is -2.42. The first-order chi connectivity index (χ1) is 6.79. The van der Waals surface area contributed by atoms with Crippen LogP contribution in [0.1, 0.15) is 40.5 Å². The second-order valence-corrected chi connectivity index (χ2v) is 5.81. The number of ether oxygens (including phenoxy) is 1. The molecule has 1 fully saturated rings. The molecule has 1 saturated heterocycles. The van der Waals surface area contributed by atoms with Gasteiger partial charge in [0.15, 0.2) is 0 Å². The third kappa shape index (κ3) is 2.71. The fourth-order valence-electron chi connectivity index (χ4n) is 2.31. The van der Waals surface area contributed by atoms with E-state index >= 15 is 0 Å². The van der Waals surface area contributed by atoms with Crippen LogP contribution in [0, 0.1) is 11.3 Å². The maximum absolute atomic E-state index is 11.7. The zero-order chi connectivity index (χ0) is 11.7. The predicted octanol–water partition coefficient (Wildman–Crippen LogP) is 1.96. The van der Waals surface area contributed by atoms with E-state index in [1.165, 1.54) is 7.11 Å². The Balaban J connectivity index is 2.75. The quantitative estimate of drug-likeness (QED) is 0.677. The molecule has 0 aliphatic carbocycles. The van der Waals surface area contributed by atoms with Crippen LogP contribution in [-0.2, 0) is 9.53 Å². The van der Waals surface area contributed by atoms with E-state index in [9.17, 15) is 4.79 Å². The van der Waals surface area contributed by atoms with Crippen LogP contribution in [0.3, 0.4) is 0 Å². The number of hydrogen-bond acceptors (Lipinski definition) is 3. The van der Waals surface area contributed by atoms with E-state index in [1.807, 2.05) is 6.92 Å². The Labute approximate surface area is 92.6 Å². The molecular weight excluding hydrogens is 190 g/mol. The van der Waals surface area contributed by atoms with Crippen LogP contribution >= 0.6 is 0 Å². The Morgan fingerprint density at radius 3 is 2.53 bits per heavy atom. The Kier molecular flexibility index (Phi) is 3.44. The van der Waals surface area contributed by atoms with E-state index in [0.29, 0.717) is 5.92 Å². The molecule has 0 bridgehead atoms. The Morgan fingerprint density at radius 2 is 2.07 bits per heavy atom. The van der Waals surface area contributed by atoms with Gasteiger partial charge in [0, 0.05) is 0 Å². The van der Waals surface area contributed by atoms with Crippen molar-refractivity contribution in [3.05, 3.63) is 0 Å². The van der Waals surface area contributed by atoms with E-state index in [0.717, 1.165) is 19.4 Å². The maximum Gasteiger partial charge on any atom is 0.325 e. The van der Waals surface area contributed by atoms with Crippen LogP contribution in [-0.4, -0.2) is 25.2 Å². The Hall–Kier alpha value is -0.570. The van der Waals surface area contributed by atoms with Gasteiger partial charge in [-0.25, -0.2) is 0 Å². The van der Waals surface area contributed by atoms with Gasteiger partial charge in [-0.3, -0.25) is 4.79 Å². The number of rotatable bonds is 1. The summed E-state index contributed by atoms with van der Waals surface area (Å²) in [4.78, 5) is 11.7. The highest BCUT2D eigenvalue weighted by atomic mass is 16.5. The van der Waals surface area contributed by atoms with Crippen LogP contribution in [0.25, 0.3) is 0 Å². The topological polar surface area (TPSA) is 38.3 Å². The Morgan fingerprint density at radius 1 is 1.47 bits per heavy atom. The molecule has 0 radical (unpaired) electrons. The molecule has 15 heavy (non-hydrogen) atoms. The summed E-state index contributed by atoms with van der Waals surface area (Å²) < 4.78 is 4.85. The summed E-state index contributed by atoms with van der Waals surface area (Å²) >= 11 is 0. The van der Waals surface area contributed by atoms with Crippen LogP contribution < -0.4 is 5.32 Å². The van der Waals surface area contributed by atoms with E-state index in [4.69, 9.17) is 4.74 Å². The average Bonchev–Trinajstić information content (AvgIpc) is 2.15. The van der Waals surface area contributed by atoms with Crippen molar-refractivity contribution in [3.63, 3.8) is 0 Å². The molecule has 0 aromatic carbocycles. The summed E-state index contributed by atoms with van der Waals surface area (Å²) in [6.07, 6.45) is 2.00. The van der Waals surface area contributed by atoms with Crippen molar-refractivity contribution in [2.24, 2.45) is 11.3 Å². The lowest BCUT2D eigenvalue weighted by atomic mass is 9.70. The molecule has 0 spiro atoms. The van der Waals surface area contributed by atoms with E-state index in [-0.39, 0.29) is 11.4 Å². The minimum absolute atomic E-state index is 0.142. The average molecular weight is 213 g/mol. The highest BCUT2D eigenvalue weighted by Crippen LogP contribution is 2.37. The highest BCUT2D eigenvalue weighted by Gasteiger charge is 2.42. The Bertz CT molecular complexity index is 244. The van der Waals surface area contributed by atoms with Crippen molar-refractivity contribution in [2.45, 2.75) is 46.1 Å². The molecule has 88 valence electrons. The smallest absolute Gasteiger partial charge is 0.325 e. The van der Waals surface area contributed by atoms with Gasteiger partial charge < -0.3 is 10.1 Å². The molecule has 1 N–H and O–H groups in total. The van der Waals surface area contributed by atoms with Gasteiger partial charge in [0.2, 0.25) is 0 Å². The summed E-state index contributed by atoms with van der Waals surface area (Å²) in [5, 5.41) is 3.27. The molecule has 3 heteroatoms. The van der Waals surface area contributed by atoms with Gasteiger partial charge in [0.1, 0.15) is 5.54 Å². The lowest BCUT2D eigenvalue weighted by molar-refractivity contribution is -0.150. The number of carbonyl (C=O) groups is 1. The van der Waals surface area contributed by atoms with Crippen LogP contribution in [0.15, 0.2) is 0 Å². The standard InChI is InChI=1S/C12H23NO2/c1-11(2,3)9-6-7-13-12(4,8-9)10(14)15-5/h9,13H,6-8H2,1-5H3. The van der Waals surface area contributed by atoms with Gasteiger partial charge in [-0.15, -0.1) is 0 Å². The number of piperidine rings is 1. The molecule has 2 unspecified atom stereocenters. The largest absolute Gasteiger partial charge is 0.468 e. The minimum Gasteiger partial charge on any atom is -0.468 e.